The number of rotatable bonds is 21. The summed E-state index contributed by atoms with van der Waals surface area (Å²) in [6.07, 6.45) is 0.0850. The quantitative estimate of drug-likeness (QED) is 0.0737. The van der Waals surface area contributed by atoms with Crippen LogP contribution in [-0.2, 0) is 23.8 Å². The number of hydrogen-bond acceptors (Lipinski definition) is 14. The molecule has 18 nitrogen and oxygen atoms in total. The Labute approximate surface area is 388 Å². The molecule has 2 aliphatic rings. The van der Waals surface area contributed by atoms with Crippen LogP contribution in [0.25, 0.3) is 33.4 Å². The van der Waals surface area contributed by atoms with Crippen molar-refractivity contribution in [2.24, 2.45) is 5.73 Å². The smallest absolute Gasteiger partial charge is 0.266 e. The predicted molar refractivity (Wildman–Crippen MR) is 243 cm³/mol. The molecule has 1 aromatic heterocycles. The second-order valence-electron chi connectivity index (χ2n) is 15.4. The number of hydrogen-bond donors (Lipinski definition) is 2. The molecule has 1 saturated heterocycles. The molecule has 19 heteroatoms. The lowest BCUT2D eigenvalue weighted by atomic mass is 9.96. The number of nitrogens with one attached hydrogen (secondary N) is 1. The largest absolute Gasteiger partial charge is 0.493 e. The van der Waals surface area contributed by atoms with E-state index in [1.54, 1.807) is 75.6 Å². The molecule has 0 aliphatic carbocycles. The summed E-state index contributed by atoms with van der Waals surface area (Å²) in [6, 6.07) is 17.6. The highest BCUT2D eigenvalue weighted by atomic mass is 35.5. The lowest BCUT2D eigenvalue weighted by molar-refractivity contribution is -0.136. The summed E-state index contributed by atoms with van der Waals surface area (Å²) < 4.78 is 40.4. The van der Waals surface area contributed by atoms with E-state index in [2.05, 4.69) is 5.32 Å². The summed E-state index contributed by atoms with van der Waals surface area (Å²) in [5.41, 5.74) is 7.41. The monoisotopic (exact) mass is 938 g/mol. The van der Waals surface area contributed by atoms with Gasteiger partial charge in [0.2, 0.25) is 17.7 Å². The molecule has 0 saturated carbocycles. The highest BCUT2D eigenvalue weighted by Crippen LogP contribution is 2.38. The van der Waals surface area contributed by atoms with Gasteiger partial charge in [0.1, 0.15) is 47.8 Å². The minimum atomic E-state index is -1.07. The first kappa shape index (κ1) is 47.8. The summed E-state index contributed by atoms with van der Waals surface area (Å²) in [5, 5.41) is 2.69. The Kier molecular flexibility index (Phi) is 15.3. The molecule has 67 heavy (non-hydrogen) atoms. The predicted octanol–water partition coefficient (Wildman–Crippen LogP) is 4.89. The summed E-state index contributed by atoms with van der Waals surface area (Å²) in [5.74, 6) is -2.21. The van der Waals surface area contributed by atoms with Gasteiger partial charge in [0, 0.05) is 54.9 Å². The zero-order valence-electron chi connectivity index (χ0n) is 36.8. The van der Waals surface area contributed by atoms with E-state index in [9.17, 15) is 33.6 Å². The van der Waals surface area contributed by atoms with Crippen LogP contribution in [0, 0.1) is 0 Å². The topological polar surface area (TPSA) is 233 Å². The molecular formula is C48H47ClN4O14. The van der Waals surface area contributed by atoms with E-state index in [4.69, 9.17) is 50.2 Å². The van der Waals surface area contributed by atoms with Gasteiger partial charge >= 0.3 is 0 Å². The second kappa shape index (κ2) is 21.5. The summed E-state index contributed by atoms with van der Waals surface area (Å²) in [4.78, 5) is 91.0. The summed E-state index contributed by atoms with van der Waals surface area (Å²) >= 11 is 6.66. The first-order valence-electron chi connectivity index (χ1n) is 21.3. The van der Waals surface area contributed by atoms with Gasteiger partial charge in [-0.2, -0.15) is 0 Å². The number of fused-ring (bicyclic) bond motifs is 2. The van der Waals surface area contributed by atoms with Gasteiger partial charge in [-0.1, -0.05) is 17.7 Å². The second-order valence-corrected chi connectivity index (χ2v) is 15.8. The van der Waals surface area contributed by atoms with Crippen LogP contribution in [0.4, 0.5) is 0 Å². The zero-order chi connectivity index (χ0) is 47.8. The van der Waals surface area contributed by atoms with Gasteiger partial charge in [0.15, 0.2) is 5.43 Å². The zero-order valence-corrected chi connectivity index (χ0v) is 37.6. The van der Waals surface area contributed by atoms with Crippen LogP contribution >= 0.6 is 11.6 Å². The molecule has 4 aromatic carbocycles. The number of piperidine rings is 1. The molecular weight excluding hydrogens is 892 g/mol. The molecule has 6 amide bonds. The number of nitrogens with two attached hydrogens (primary N) is 1. The van der Waals surface area contributed by atoms with Crippen LogP contribution in [-0.4, -0.2) is 125 Å². The van der Waals surface area contributed by atoms with Crippen molar-refractivity contribution >= 4 is 58.0 Å². The molecule has 5 aromatic rings. The Morgan fingerprint density at radius 3 is 2.10 bits per heavy atom. The summed E-state index contributed by atoms with van der Waals surface area (Å²) in [7, 11) is 3.19. The molecule has 3 N–H and O–H groups in total. The average molecular weight is 939 g/mol. The fourth-order valence-corrected chi connectivity index (χ4v) is 7.75. The van der Waals surface area contributed by atoms with Gasteiger partial charge < -0.3 is 43.5 Å². The van der Waals surface area contributed by atoms with Crippen molar-refractivity contribution < 1.29 is 61.6 Å². The van der Waals surface area contributed by atoms with Crippen molar-refractivity contribution in [2.75, 3.05) is 73.6 Å². The number of ether oxygens (including phenoxy) is 6. The molecule has 0 radical (unpaired) electrons. The fraction of sp³-hybridized carbons (Fsp3) is 0.312. The van der Waals surface area contributed by atoms with Gasteiger partial charge in [0.05, 0.1) is 67.8 Å². The Balaban J connectivity index is 0.838. The van der Waals surface area contributed by atoms with E-state index in [-0.39, 0.29) is 114 Å². The van der Waals surface area contributed by atoms with E-state index in [1.165, 1.54) is 23.1 Å². The van der Waals surface area contributed by atoms with Crippen LogP contribution in [0.2, 0.25) is 5.02 Å². The van der Waals surface area contributed by atoms with Crippen molar-refractivity contribution in [3.05, 3.63) is 110 Å². The maximum atomic E-state index is 13.6. The van der Waals surface area contributed by atoms with Crippen molar-refractivity contribution in [3.63, 3.8) is 0 Å². The van der Waals surface area contributed by atoms with Crippen LogP contribution < -0.4 is 30.7 Å². The van der Waals surface area contributed by atoms with E-state index < -0.39 is 35.6 Å². The van der Waals surface area contributed by atoms with E-state index in [0.29, 0.717) is 48.0 Å². The number of halogens is 1. The lowest BCUT2D eigenvalue weighted by Gasteiger charge is -2.27. The molecule has 1 unspecified atom stereocenters. The minimum absolute atomic E-state index is 0.0268. The van der Waals surface area contributed by atoms with E-state index >= 15 is 0 Å². The molecule has 0 bridgehead atoms. The Morgan fingerprint density at radius 2 is 1.45 bits per heavy atom. The molecule has 350 valence electrons. The van der Waals surface area contributed by atoms with E-state index in [1.807, 2.05) is 0 Å². The minimum Gasteiger partial charge on any atom is -0.493 e. The fourth-order valence-electron chi connectivity index (χ4n) is 7.48. The SMILES string of the molecule is CCOc1cc2oc(-c3ccc(OCCOCCOCCOCCOc4cccc5c4C(=O)N(C4CCC(=O)NC4=O)C5=O)cc3Cl)cc(=O)c2cc1-c1cc(C(N)=O)cc(C(=O)N(C)C)c1. The third-order valence-corrected chi connectivity index (χ3v) is 11.0. The van der Waals surface area contributed by atoms with Crippen molar-refractivity contribution in [1.29, 1.82) is 0 Å². The first-order chi connectivity index (χ1) is 32.2. The number of carbonyl (C=O) groups is 6. The number of carbonyl (C=O) groups excluding carboxylic acids is 6. The number of amides is 6. The lowest BCUT2D eigenvalue weighted by Crippen LogP contribution is -2.54. The molecule has 2 aliphatic heterocycles. The molecule has 0 spiro atoms. The third-order valence-electron chi connectivity index (χ3n) is 10.7. The third kappa shape index (κ3) is 11.0. The molecule has 1 atom stereocenters. The normalized spacial score (nSPS) is 14.6. The number of primary amides is 1. The van der Waals surface area contributed by atoms with Crippen LogP contribution in [0.3, 0.4) is 0 Å². The number of benzene rings is 4. The Morgan fingerprint density at radius 1 is 0.761 bits per heavy atom. The standard InChI is InChI=1S/C48H47ClN4O14/c1-4-64-39-26-41-34(24-33(39)27-20-28(44(50)56)22-29(21-27)46(58)52(2)3)37(54)25-40(67-41)31-9-8-30(23-35(31)49)65-18-16-62-14-12-61-13-15-63-17-19-66-38-7-5-6-32-43(38)48(60)53(47(32)59)36-10-11-42(55)51-45(36)57/h5-9,20-26,36H,4,10-19H2,1-3H3,(H2,50,56)(H,51,55,57). The van der Waals surface area contributed by atoms with Gasteiger partial charge in [-0.15, -0.1) is 0 Å². The van der Waals surface area contributed by atoms with Crippen LogP contribution in [0.1, 0.15) is 61.2 Å². The summed E-state index contributed by atoms with van der Waals surface area (Å²) in [6.45, 7) is 4.00. The maximum absolute atomic E-state index is 13.6. The van der Waals surface area contributed by atoms with Crippen molar-refractivity contribution in [1.82, 2.24) is 15.1 Å². The van der Waals surface area contributed by atoms with Crippen molar-refractivity contribution in [3.8, 4) is 39.7 Å². The van der Waals surface area contributed by atoms with Gasteiger partial charge in [-0.3, -0.25) is 43.8 Å². The van der Waals surface area contributed by atoms with Gasteiger partial charge in [-0.25, -0.2) is 0 Å². The van der Waals surface area contributed by atoms with Gasteiger partial charge in [0.25, 0.3) is 17.7 Å². The van der Waals surface area contributed by atoms with Crippen LogP contribution in [0.5, 0.6) is 17.2 Å². The van der Waals surface area contributed by atoms with Gasteiger partial charge in [-0.05, 0) is 73.5 Å². The Bertz CT molecular complexity index is 2810. The molecule has 1 fully saturated rings. The first-order valence-corrected chi connectivity index (χ1v) is 21.7. The Hall–Kier alpha value is -7.12. The van der Waals surface area contributed by atoms with Crippen molar-refractivity contribution in [2.45, 2.75) is 25.8 Å². The maximum Gasteiger partial charge on any atom is 0.266 e. The molecule has 3 heterocycles. The highest BCUT2D eigenvalue weighted by molar-refractivity contribution is 6.33. The molecule has 7 rings (SSSR count). The number of imide groups is 2. The van der Waals surface area contributed by atoms with E-state index in [0.717, 1.165) is 4.90 Å². The highest BCUT2D eigenvalue weighted by Gasteiger charge is 2.46. The van der Waals surface area contributed by atoms with Crippen LogP contribution in [0.15, 0.2) is 82.0 Å². The number of nitrogens with zero attached hydrogens (tertiary/aromatic N) is 2. The average Bonchev–Trinajstić information content (AvgIpc) is 3.55.